The van der Waals surface area contributed by atoms with Crippen molar-refractivity contribution in [3.8, 4) is 22.6 Å². The molecule has 0 aliphatic heterocycles. The number of rotatable bonds is 4. The lowest BCUT2D eigenvalue weighted by atomic mass is 10.0. The maximum atomic E-state index is 11.3. The van der Waals surface area contributed by atoms with Gasteiger partial charge in [-0.25, -0.2) is 0 Å². The molecule has 0 atom stereocenters. The van der Waals surface area contributed by atoms with Gasteiger partial charge in [-0.3, -0.25) is 4.79 Å². The molecule has 0 saturated heterocycles. The van der Waals surface area contributed by atoms with E-state index in [4.69, 9.17) is 9.47 Å². The molecule has 0 radical (unpaired) electrons. The molecule has 0 fully saturated rings. The minimum Gasteiger partial charge on any atom is -0.496 e. The molecular weight excluding hydrogens is 264 g/mol. The molecule has 112 valence electrons. The van der Waals surface area contributed by atoms with E-state index in [0.29, 0.717) is 5.56 Å². The molecule has 3 nitrogen and oxygen atoms in total. The molecule has 0 aromatic heterocycles. The third kappa shape index (κ3) is 3.85. The third-order valence-corrected chi connectivity index (χ3v) is 3.01. The summed E-state index contributed by atoms with van der Waals surface area (Å²) in [5, 5.41) is 0. The Morgan fingerprint density at radius 3 is 1.71 bits per heavy atom. The molecule has 0 N–H and O–H groups in total. The van der Waals surface area contributed by atoms with Crippen molar-refractivity contribution in [1.82, 2.24) is 0 Å². The summed E-state index contributed by atoms with van der Waals surface area (Å²) >= 11 is 0. The van der Waals surface area contributed by atoms with E-state index >= 15 is 0 Å². The van der Waals surface area contributed by atoms with Gasteiger partial charge in [-0.05, 0) is 24.6 Å². The highest BCUT2D eigenvalue weighted by Crippen LogP contribution is 2.38. The lowest BCUT2D eigenvalue weighted by molar-refractivity contribution is 0.101. The average molecular weight is 286 g/mol. The predicted octanol–water partition coefficient (Wildman–Crippen LogP) is 4.60. The maximum Gasteiger partial charge on any atom is 0.159 e. The van der Waals surface area contributed by atoms with Crippen molar-refractivity contribution in [3.63, 3.8) is 0 Å². The standard InChI is InChI=1S/C16H16O3.C2H6/c1-11(17)12-7-9-13(10-8-12)16-14(18-2)5-4-6-15(16)19-3;1-2/h4-10H,1-3H3;1-2H3. The summed E-state index contributed by atoms with van der Waals surface area (Å²) in [6.07, 6.45) is 0. The van der Waals surface area contributed by atoms with Gasteiger partial charge < -0.3 is 9.47 Å². The highest BCUT2D eigenvalue weighted by molar-refractivity contribution is 5.94. The molecule has 0 amide bonds. The Balaban J connectivity index is 0.00000106. The van der Waals surface area contributed by atoms with E-state index in [1.54, 1.807) is 21.1 Å². The molecule has 2 aromatic carbocycles. The molecule has 0 bridgehead atoms. The van der Waals surface area contributed by atoms with Crippen molar-refractivity contribution in [2.45, 2.75) is 20.8 Å². The van der Waals surface area contributed by atoms with Crippen molar-refractivity contribution in [3.05, 3.63) is 48.0 Å². The number of carbonyl (C=O) groups is 1. The zero-order chi connectivity index (χ0) is 15.8. The topological polar surface area (TPSA) is 35.5 Å². The molecule has 0 unspecified atom stereocenters. The van der Waals surface area contributed by atoms with E-state index in [2.05, 4.69) is 0 Å². The van der Waals surface area contributed by atoms with Crippen LogP contribution in [0.4, 0.5) is 0 Å². The molecule has 21 heavy (non-hydrogen) atoms. The predicted molar refractivity (Wildman–Crippen MR) is 86.3 cm³/mol. The van der Waals surface area contributed by atoms with Crippen LogP contribution in [0.3, 0.4) is 0 Å². The number of hydrogen-bond acceptors (Lipinski definition) is 3. The molecule has 3 heteroatoms. The molecule has 2 aromatic rings. The van der Waals surface area contributed by atoms with Crippen LogP contribution >= 0.6 is 0 Å². The number of ether oxygens (including phenoxy) is 2. The Kier molecular flexibility index (Phi) is 6.47. The van der Waals surface area contributed by atoms with Gasteiger partial charge in [0.1, 0.15) is 11.5 Å². The van der Waals surface area contributed by atoms with Gasteiger partial charge in [-0.15, -0.1) is 0 Å². The Morgan fingerprint density at radius 1 is 0.857 bits per heavy atom. The van der Waals surface area contributed by atoms with Crippen LogP contribution in [0.2, 0.25) is 0 Å². The largest absolute Gasteiger partial charge is 0.496 e. The number of Topliss-reactive ketones (excluding diaryl/α,β-unsaturated/α-hetero) is 1. The van der Waals surface area contributed by atoms with Crippen LogP contribution in [0.1, 0.15) is 31.1 Å². The summed E-state index contributed by atoms with van der Waals surface area (Å²) in [6, 6.07) is 13.1. The Bertz CT molecular complexity index is 564. The summed E-state index contributed by atoms with van der Waals surface area (Å²) in [5.74, 6) is 1.54. The van der Waals surface area contributed by atoms with E-state index < -0.39 is 0 Å². The third-order valence-electron chi connectivity index (χ3n) is 3.01. The first-order valence-electron chi connectivity index (χ1n) is 6.99. The Morgan fingerprint density at radius 2 is 1.33 bits per heavy atom. The monoisotopic (exact) mass is 286 g/mol. The second kappa shape index (κ2) is 8.10. The van der Waals surface area contributed by atoms with Gasteiger partial charge in [-0.2, -0.15) is 0 Å². The number of carbonyl (C=O) groups excluding carboxylic acids is 1. The lowest BCUT2D eigenvalue weighted by Crippen LogP contribution is -1.94. The maximum absolute atomic E-state index is 11.3. The van der Waals surface area contributed by atoms with Crippen LogP contribution in [-0.4, -0.2) is 20.0 Å². The second-order valence-electron chi connectivity index (χ2n) is 4.17. The van der Waals surface area contributed by atoms with Crippen molar-refractivity contribution < 1.29 is 14.3 Å². The number of hydrogen-bond donors (Lipinski definition) is 0. The summed E-state index contributed by atoms with van der Waals surface area (Å²) < 4.78 is 10.7. The zero-order valence-electron chi connectivity index (χ0n) is 13.3. The van der Waals surface area contributed by atoms with Crippen molar-refractivity contribution in [1.29, 1.82) is 0 Å². The minimum atomic E-state index is 0.0542. The van der Waals surface area contributed by atoms with Crippen LogP contribution < -0.4 is 9.47 Å². The van der Waals surface area contributed by atoms with Crippen LogP contribution in [0.5, 0.6) is 11.5 Å². The molecule has 0 spiro atoms. The van der Waals surface area contributed by atoms with Gasteiger partial charge in [-0.1, -0.05) is 44.2 Å². The fourth-order valence-electron chi connectivity index (χ4n) is 2.01. The Hall–Kier alpha value is -2.29. The quantitative estimate of drug-likeness (QED) is 0.771. The molecule has 0 aliphatic rings. The highest BCUT2D eigenvalue weighted by atomic mass is 16.5. The van der Waals surface area contributed by atoms with Crippen molar-refractivity contribution in [2.24, 2.45) is 0 Å². The molecule has 0 saturated carbocycles. The smallest absolute Gasteiger partial charge is 0.159 e. The first-order valence-corrected chi connectivity index (χ1v) is 6.99. The molecule has 2 rings (SSSR count). The van der Waals surface area contributed by atoms with Crippen LogP contribution in [0, 0.1) is 0 Å². The number of ketones is 1. The minimum absolute atomic E-state index is 0.0542. The number of methoxy groups -OCH3 is 2. The van der Waals surface area contributed by atoms with Crippen LogP contribution in [0.15, 0.2) is 42.5 Å². The van der Waals surface area contributed by atoms with E-state index in [9.17, 15) is 4.79 Å². The summed E-state index contributed by atoms with van der Waals surface area (Å²) in [6.45, 7) is 5.55. The van der Waals surface area contributed by atoms with E-state index in [-0.39, 0.29) is 5.78 Å². The average Bonchev–Trinajstić information content (AvgIpc) is 2.55. The lowest BCUT2D eigenvalue weighted by Gasteiger charge is -2.13. The van der Waals surface area contributed by atoms with Crippen molar-refractivity contribution in [2.75, 3.05) is 14.2 Å². The molecule has 0 heterocycles. The van der Waals surface area contributed by atoms with E-state index in [0.717, 1.165) is 22.6 Å². The SMILES string of the molecule is CC.COc1cccc(OC)c1-c1ccc(C(C)=O)cc1. The normalized spacial score (nSPS) is 9.38. The first-order chi connectivity index (χ1) is 10.2. The van der Waals surface area contributed by atoms with E-state index in [1.807, 2.05) is 56.3 Å². The van der Waals surface area contributed by atoms with Gasteiger partial charge >= 0.3 is 0 Å². The fraction of sp³-hybridized carbons (Fsp3) is 0.278. The Labute approximate surface area is 126 Å². The molecular formula is C18H22O3. The summed E-state index contributed by atoms with van der Waals surface area (Å²) in [5.41, 5.74) is 2.54. The fourth-order valence-corrected chi connectivity index (χ4v) is 2.01. The highest BCUT2D eigenvalue weighted by Gasteiger charge is 2.12. The van der Waals surface area contributed by atoms with Gasteiger partial charge in [0.2, 0.25) is 0 Å². The van der Waals surface area contributed by atoms with Crippen molar-refractivity contribution >= 4 is 5.78 Å². The van der Waals surface area contributed by atoms with Crippen LogP contribution in [-0.2, 0) is 0 Å². The van der Waals surface area contributed by atoms with E-state index in [1.165, 1.54) is 0 Å². The second-order valence-corrected chi connectivity index (χ2v) is 4.17. The van der Waals surface area contributed by atoms with Gasteiger partial charge in [0, 0.05) is 5.56 Å². The van der Waals surface area contributed by atoms with Gasteiger partial charge in [0.25, 0.3) is 0 Å². The number of benzene rings is 2. The van der Waals surface area contributed by atoms with Gasteiger partial charge in [0.05, 0.1) is 19.8 Å². The summed E-state index contributed by atoms with van der Waals surface area (Å²) in [7, 11) is 3.25. The first kappa shape index (κ1) is 16.8. The zero-order valence-corrected chi connectivity index (χ0v) is 13.3. The summed E-state index contributed by atoms with van der Waals surface area (Å²) in [4.78, 5) is 11.3. The van der Waals surface area contributed by atoms with Gasteiger partial charge in [0.15, 0.2) is 5.78 Å². The van der Waals surface area contributed by atoms with Crippen LogP contribution in [0.25, 0.3) is 11.1 Å². The molecule has 0 aliphatic carbocycles.